The minimum Gasteiger partial charge on any atom is -0.486 e. The van der Waals surface area contributed by atoms with Crippen molar-refractivity contribution in [3.63, 3.8) is 0 Å². The Labute approximate surface area is 115 Å². The summed E-state index contributed by atoms with van der Waals surface area (Å²) in [5.74, 6) is 0.545. The second-order valence-electron chi connectivity index (χ2n) is 3.69. The molecule has 0 bridgehead atoms. The Morgan fingerprint density at radius 1 is 1.11 bits per heavy atom. The number of nitrogens with zero attached hydrogens (tertiary/aromatic N) is 1. The van der Waals surface area contributed by atoms with Gasteiger partial charge in [0.05, 0.1) is 16.4 Å². The maximum absolute atomic E-state index is 6.00. The van der Waals surface area contributed by atoms with Crippen LogP contribution in [-0.2, 0) is 13.2 Å². The fraction of sp³-hybridized carbons (Fsp3) is 0.154. The largest absolute Gasteiger partial charge is 0.486 e. The van der Waals surface area contributed by atoms with Crippen LogP contribution >= 0.6 is 23.2 Å². The van der Waals surface area contributed by atoms with E-state index in [1.807, 2.05) is 18.2 Å². The molecule has 0 aliphatic heterocycles. The Balaban J connectivity index is 2.08. The molecular weight excluding hydrogens is 271 g/mol. The van der Waals surface area contributed by atoms with Crippen LogP contribution in [0, 0.1) is 0 Å². The summed E-state index contributed by atoms with van der Waals surface area (Å²) in [6.45, 7) is 0.736. The number of hydrogen-bond donors (Lipinski definition) is 1. The van der Waals surface area contributed by atoms with Crippen LogP contribution in [0.5, 0.6) is 5.75 Å². The molecule has 0 spiro atoms. The van der Waals surface area contributed by atoms with E-state index in [4.69, 9.17) is 33.7 Å². The molecule has 2 N–H and O–H groups in total. The van der Waals surface area contributed by atoms with Crippen LogP contribution in [0.15, 0.2) is 36.4 Å². The molecule has 2 aromatic rings. The van der Waals surface area contributed by atoms with Crippen molar-refractivity contribution in [2.75, 3.05) is 0 Å². The second kappa shape index (κ2) is 6.05. The molecule has 1 heterocycles. The summed E-state index contributed by atoms with van der Waals surface area (Å²) in [4.78, 5) is 4.33. The molecule has 0 amide bonds. The highest BCUT2D eigenvalue weighted by Crippen LogP contribution is 2.28. The monoisotopic (exact) mass is 282 g/mol. The fourth-order valence-electron chi connectivity index (χ4n) is 1.46. The third-order valence-electron chi connectivity index (χ3n) is 2.34. The Morgan fingerprint density at radius 3 is 2.67 bits per heavy atom. The van der Waals surface area contributed by atoms with E-state index in [1.54, 1.807) is 18.2 Å². The topological polar surface area (TPSA) is 48.1 Å². The van der Waals surface area contributed by atoms with Gasteiger partial charge in [-0.3, -0.25) is 4.98 Å². The van der Waals surface area contributed by atoms with Gasteiger partial charge in [0.2, 0.25) is 0 Å². The number of halogens is 2. The average Bonchev–Trinajstić information content (AvgIpc) is 2.40. The fourth-order valence-corrected chi connectivity index (χ4v) is 1.80. The van der Waals surface area contributed by atoms with E-state index in [-0.39, 0.29) is 0 Å². The molecule has 18 heavy (non-hydrogen) atoms. The van der Waals surface area contributed by atoms with Crippen LogP contribution in [0.1, 0.15) is 11.4 Å². The van der Waals surface area contributed by atoms with E-state index in [0.717, 1.165) is 11.4 Å². The van der Waals surface area contributed by atoms with Gasteiger partial charge >= 0.3 is 0 Å². The first-order valence-electron chi connectivity index (χ1n) is 5.42. The average molecular weight is 283 g/mol. The summed E-state index contributed by atoms with van der Waals surface area (Å²) in [6, 6.07) is 10.7. The zero-order valence-corrected chi connectivity index (χ0v) is 11.1. The number of ether oxygens (including phenoxy) is 1. The van der Waals surface area contributed by atoms with Crippen LogP contribution in [0.4, 0.5) is 0 Å². The lowest BCUT2D eigenvalue weighted by atomic mass is 10.3. The van der Waals surface area contributed by atoms with E-state index in [0.29, 0.717) is 28.9 Å². The minimum absolute atomic E-state index is 0.327. The summed E-state index contributed by atoms with van der Waals surface area (Å²) >= 11 is 11.9. The van der Waals surface area contributed by atoms with Crippen molar-refractivity contribution < 1.29 is 4.74 Å². The number of rotatable bonds is 4. The number of hydrogen-bond acceptors (Lipinski definition) is 3. The van der Waals surface area contributed by atoms with E-state index >= 15 is 0 Å². The van der Waals surface area contributed by atoms with E-state index in [2.05, 4.69) is 4.98 Å². The number of aromatic nitrogens is 1. The number of pyridine rings is 1. The van der Waals surface area contributed by atoms with Gasteiger partial charge in [-0.1, -0.05) is 29.3 Å². The van der Waals surface area contributed by atoms with Crippen LogP contribution < -0.4 is 10.5 Å². The molecule has 0 atom stereocenters. The highest BCUT2D eigenvalue weighted by atomic mass is 35.5. The molecule has 0 unspecified atom stereocenters. The Kier molecular flexibility index (Phi) is 4.42. The summed E-state index contributed by atoms with van der Waals surface area (Å²) in [5, 5.41) is 1.10. The van der Waals surface area contributed by atoms with Gasteiger partial charge in [0.1, 0.15) is 12.4 Å². The highest BCUT2D eigenvalue weighted by Gasteiger charge is 2.04. The first-order valence-corrected chi connectivity index (χ1v) is 6.17. The lowest BCUT2D eigenvalue weighted by Gasteiger charge is -2.08. The van der Waals surface area contributed by atoms with Crippen molar-refractivity contribution in [2.24, 2.45) is 5.73 Å². The van der Waals surface area contributed by atoms with E-state index < -0.39 is 0 Å². The SMILES string of the molecule is NCc1cccc(COc2cc(Cl)ccc2Cl)n1. The van der Waals surface area contributed by atoms with Gasteiger partial charge < -0.3 is 10.5 Å². The zero-order valence-electron chi connectivity index (χ0n) is 9.57. The molecule has 2 rings (SSSR count). The van der Waals surface area contributed by atoms with Crippen molar-refractivity contribution >= 4 is 23.2 Å². The van der Waals surface area contributed by atoms with Gasteiger partial charge in [-0.15, -0.1) is 0 Å². The first kappa shape index (κ1) is 13.1. The van der Waals surface area contributed by atoms with Crippen LogP contribution in [0.3, 0.4) is 0 Å². The molecule has 0 radical (unpaired) electrons. The molecule has 0 saturated carbocycles. The summed E-state index contributed by atoms with van der Waals surface area (Å²) in [5.41, 5.74) is 7.16. The molecule has 0 fully saturated rings. The van der Waals surface area contributed by atoms with E-state index in [9.17, 15) is 0 Å². The van der Waals surface area contributed by atoms with Gasteiger partial charge in [0.25, 0.3) is 0 Å². The molecule has 1 aromatic carbocycles. The summed E-state index contributed by atoms with van der Waals surface area (Å²) in [7, 11) is 0. The quantitative estimate of drug-likeness (QED) is 0.935. The van der Waals surface area contributed by atoms with Crippen molar-refractivity contribution in [3.8, 4) is 5.75 Å². The standard InChI is InChI=1S/C13H12Cl2N2O/c14-9-4-5-12(15)13(6-9)18-8-11-3-1-2-10(7-16)17-11/h1-6H,7-8,16H2. The zero-order chi connectivity index (χ0) is 13.0. The van der Waals surface area contributed by atoms with Crippen molar-refractivity contribution in [1.29, 1.82) is 0 Å². The van der Waals surface area contributed by atoms with Crippen molar-refractivity contribution in [2.45, 2.75) is 13.2 Å². The maximum atomic E-state index is 6.00. The minimum atomic E-state index is 0.327. The number of benzene rings is 1. The molecule has 0 aliphatic carbocycles. The van der Waals surface area contributed by atoms with Gasteiger partial charge in [0.15, 0.2) is 0 Å². The van der Waals surface area contributed by atoms with E-state index in [1.165, 1.54) is 0 Å². The van der Waals surface area contributed by atoms with Crippen LogP contribution in [-0.4, -0.2) is 4.98 Å². The lowest BCUT2D eigenvalue weighted by molar-refractivity contribution is 0.301. The highest BCUT2D eigenvalue weighted by molar-refractivity contribution is 6.34. The molecule has 1 aromatic heterocycles. The molecule has 5 heteroatoms. The first-order chi connectivity index (χ1) is 8.69. The Hall–Kier alpha value is -1.29. The summed E-state index contributed by atoms with van der Waals surface area (Å²) in [6.07, 6.45) is 0. The van der Waals surface area contributed by atoms with Crippen LogP contribution in [0.25, 0.3) is 0 Å². The molecule has 0 aliphatic rings. The van der Waals surface area contributed by atoms with Crippen molar-refractivity contribution in [1.82, 2.24) is 4.98 Å². The Bertz CT molecular complexity index is 546. The van der Waals surface area contributed by atoms with Gasteiger partial charge in [-0.25, -0.2) is 0 Å². The maximum Gasteiger partial charge on any atom is 0.139 e. The smallest absolute Gasteiger partial charge is 0.139 e. The van der Waals surface area contributed by atoms with Gasteiger partial charge in [-0.05, 0) is 24.3 Å². The third-order valence-corrected chi connectivity index (χ3v) is 2.89. The molecular formula is C13H12Cl2N2O. The predicted molar refractivity (Wildman–Crippen MR) is 72.9 cm³/mol. The second-order valence-corrected chi connectivity index (χ2v) is 4.53. The third kappa shape index (κ3) is 3.35. The van der Waals surface area contributed by atoms with Gasteiger partial charge in [0, 0.05) is 17.6 Å². The lowest BCUT2D eigenvalue weighted by Crippen LogP contribution is -2.04. The Morgan fingerprint density at radius 2 is 1.89 bits per heavy atom. The number of nitrogens with two attached hydrogens (primary N) is 1. The summed E-state index contributed by atoms with van der Waals surface area (Å²) < 4.78 is 5.58. The van der Waals surface area contributed by atoms with Crippen molar-refractivity contribution in [3.05, 3.63) is 57.8 Å². The molecule has 3 nitrogen and oxygen atoms in total. The van der Waals surface area contributed by atoms with Crippen LogP contribution in [0.2, 0.25) is 10.0 Å². The normalized spacial score (nSPS) is 10.4. The molecule has 94 valence electrons. The van der Waals surface area contributed by atoms with Gasteiger partial charge in [-0.2, -0.15) is 0 Å². The predicted octanol–water partition coefficient (Wildman–Crippen LogP) is 3.43. The molecule has 0 saturated heterocycles.